The summed E-state index contributed by atoms with van der Waals surface area (Å²) in [6, 6.07) is 0. The zero-order valence-corrected chi connectivity index (χ0v) is 10.3. The van der Waals surface area contributed by atoms with Crippen molar-refractivity contribution in [3.8, 4) is 0 Å². The SMILES string of the molecule is CCOCCCC(=O)NC1(CC(=O)O)CCC1. The normalized spacial score (nSPS) is 17.2. The molecule has 0 radical (unpaired) electrons. The molecule has 2 N–H and O–H groups in total. The van der Waals surface area contributed by atoms with Crippen molar-refractivity contribution in [1.29, 1.82) is 0 Å². The summed E-state index contributed by atoms with van der Waals surface area (Å²) < 4.78 is 5.14. The lowest BCUT2D eigenvalue weighted by Gasteiger charge is -2.41. The van der Waals surface area contributed by atoms with Gasteiger partial charge in [-0.2, -0.15) is 0 Å². The minimum atomic E-state index is -0.848. The highest BCUT2D eigenvalue weighted by molar-refractivity contribution is 5.78. The summed E-state index contributed by atoms with van der Waals surface area (Å²) in [5.74, 6) is -0.912. The van der Waals surface area contributed by atoms with Crippen molar-refractivity contribution in [3.63, 3.8) is 0 Å². The van der Waals surface area contributed by atoms with Gasteiger partial charge in [0.1, 0.15) is 0 Å². The van der Waals surface area contributed by atoms with Crippen LogP contribution in [0.25, 0.3) is 0 Å². The molecule has 1 amide bonds. The Hall–Kier alpha value is -1.10. The summed E-state index contributed by atoms with van der Waals surface area (Å²) in [4.78, 5) is 22.4. The molecular formula is C12H21NO4. The summed E-state index contributed by atoms with van der Waals surface area (Å²) in [5, 5.41) is 11.7. The second-order valence-electron chi connectivity index (χ2n) is 4.55. The van der Waals surface area contributed by atoms with Gasteiger partial charge < -0.3 is 15.2 Å². The number of aliphatic carboxylic acids is 1. The molecule has 1 aliphatic carbocycles. The highest BCUT2D eigenvalue weighted by Crippen LogP contribution is 2.34. The molecule has 0 heterocycles. The molecule has 5 heteroatoms. The molecule has 0 unspecified atom stereocenters. The van der Waals surface area contributed by atoms with Gasteiger partial charge in [-0.25, -0.2) is 0 Å². The lowest BCUT2D eigenvalue weighted by molar-refractivity contribution is -0.140. The average Bonchev–Trinajstić information content (AvgIpc) is 2.20. The van der Waals surface area contributed by atoms with Crippen LogP contribution < -0.4 is 5.32 Å². The van der Waals surface area contributed by atoms with Crippen LogP contribution in [0.4, 0.5) is 0 Å². The lowest BCUT2D eigenvalue weighted by atomic mass is 9.74. The predicted molar refractivity (Wildman–Crippen MR) is 62.7 cm³/mol. The van der Waals surface area contributed by atoms with E-state index in [2.05, 4.69) is 5.32 Å². The molecule has 0 aromatic heterocycles. The Bertz CT molecular complexity index is 274. The number of ether oxygens (including phenoxy) is 1. The molecule has 0 aromatic rings. The van der Waals surface area contributed by atoms with Gasteiger partial charge in [-0.15, -0.1) is 0 Å². The maximum Gasteiger partial charge on any atom is 0.305 e. The third kappa shape index (κ3) is 4.73. The van der Waals surface area contributed by atoms with Crippen LogP contribution >= 0.6 is 0 Å². The van der Waals surface area contributed by atoms with E-state index in [9.17, 15) is 9.59 Å². The first-order chi connectivity index (χ1) is 8.08. The van der Waals surface area contributed by atoms with E-state index in [1.807, 2.05) is 6.92 Å². The molecule has 0 atom stereocenters. The Morgan fingerprint density at radius 3 is 2.59 bits per heavy atom. The van der Waals surface area contributed by atoms with Crippen LogP contribution in [-0.4, -0.2) is 35.7 Å². The van der Waals surface area contributed by atoms with Crippen LogP contribution in [0.2, 0.25) is 0 Å². The summed E-state index contributed by atoms with van der Waals surface area (Å²) >= 11 is 0. The van der Waals surface area contributed by atoms with E-state index in [0.717, 1.165) is 19.3 Å². The fraction of sp³-hybridized carbons (Fsp3) is 0.833. The maximum atomic E-state index is 11.6. The number of amides is 1. The van der Waals surface area contributed by atoms with Crippen molar-refractivity contribution < 1.29 is 19.4 Å². The van der Waals surface area contributed by atoms with Gasteiger partial charge >= 0.3 is 5.97 Å². The minimum absolute atomic E-state index is 0.0319. The van der Waals surface area contributed by atoms with E-state index in [-0.39, 0.29) is 12.3 Å². The molecule has 17 heavy (non-hydrogen) atoms. The van der Waals surface area contributed by atoms with Crippen molar-refractivity contribution in [2.45, 2.75) is 51.0 Å². The van der Waals surface area contributed by atoms with Gasteiger partial charge in [-0.1, -0.05) is 0 Å². The van der Waals surface area contributed by atoms with Crippen LogP contribution in [0.3, 0.4) is 0 Å². The van der Waals surface area contributed by atoms with E-state index < -0.39 is 11.5 Å². The topological polar surface area (TPSA) is 75.6 Å². The van der Waals surface area contributed by atoms with Gasteiger partial charge in [0.15, 0.2) is 0 Å². The molecular weight excluding hydrogens is 222 g/mol. The number of carbonyl (C=O) groups excluding carboxylic acids is 1. The minimum Gasteiger partial charge on any atom is -0.481 e. The fourth-order valence-electron chi connectivity index (χ4n) is 2.08. The van der Waals surface area contributed by atoms with Crippen LogP contribution in [0.15, 0.2) is 0 Å². The molecule has 0 aliphatic heterocycles. The molecule has 0 saturated heterocycles. The first-order valence-electron chi connectivity index (χ1n) is 6.18. The quantitative estimate of drug-likeness (QED) is 0.630. The van der Waals surface area contributed by atoms with E-state index in [1.165, 1.54) is 0 Å². The second-order valence-corrected chi connectivity index (χ2v) is 4.55. The van der Waals surface area contributed by atoms with Crippen LogP contribution in [0.1, 0.15) is 45.4 Å². The van der Waals surface area contributed by atoms with Crippen molar-refractivity contribution >= 4 is 11.9 Å². The fourth-order valence-corrected chi connectivity index (χ4v) is 2.08. The van der Waals surface area contributed by atoms with E-state index in [0.29, 0.717) is 26.1 Å². The second kappa shape index (κ2) is 6.59. The van der Waals surface area contributed by atoms with E-state index in [4.69, 9.17) is 9.84 Å². The average molecular weight is 243 g/mol. The summed E-state index contributed by atoms with van der Waals surface area (Å²) in [5.41, 5.74) is -0.478. The molecule has 98 valence electrons. The lowest BCUT2D eigenvalue weighted by Crippen LogP contribution is -2.54. The van der Waals surface area contributed by atoms with Crippen LogP contribution in [0.5, 0.6) is 0 Å². The molecule has 0 aromatic carbocycles. The van der Waals surface area contributed by atoms with Gasteiger partial charge in [-0.05, 0) is 32.6 Å². The molecule has 0 bridgehead atoms. The zero-order chi connectivity index (χ0) is 12.7. The van der Waals surface area contributed by atoms with Crippen molar-refractivity contribution in [3.05, 3.63) is 0 Å². The third-order valence-electron chi connectivity index (χ3n) is 3.10. The van der Waals surface area contributed by atoms with Crippen LogP contribution in [0, 0.1) is 0 Å². The highest BCUT2D eigenvalue weighted by Gasteiger charge is 2.40. The Labute approximate surface area is 102 Å². The van der Waals surface area contributed by atoms with E-state index >= 15 is 0 Å². The monoisotopic (exact) mass is 243 g/mol. The maximum absolute atomic E-state index is 11.6. The van der Waals surface area contributed by atoms with Crippen LogP contribution in [-0.2, 0) is 14.3 Å². The zero-order valence-electron chi connectivity index (χ0n) is 10.3. The van der Waals surface area contributed by atoms with Gasteiger partial charge in [0.2, 0.25) is 5.91 Å². The summed E-state index contributed by atoms with van der Waals surface area (Å²) in [7, 11) is 0. The molecule has 1 rings (SSSR count). The number of carboxylic acid groups (broad SMARTS) is 1. The first-order valence-corrected chi connectivity index (χ1v) is 6.18. The number of nitrogens with one attached hydrogen (secondary N) is 1. The number of hydrogen-bond acceptors (Lipinski definition) is 3. The number of rotatable bonds is 8. The molecule has 1 saturated carbocycles. The first kappa shape index (κ1) is 14.0. The standard InChI is InChI=1S/C12H21NO4/c1-2-17-8-3-5-10(14)13-12(6-4-7-12)9-11(15)16/h2-9H2,1H3,(H,13,14)(H,15,16). The summed E-state index contributed by atoms with van der Waals surface area (Å²) in [6.07, 6.45) is 3.66. The van der Waals surface area contributed by atoms with Crippen molar-refractivity contribution in [2.75, 3.05) is 13.2 Å². The van der Waals surface area contributed by atoms with Crippen molar-refractivity contribution in [1.82, 2.24) is 5.32 Å². The molecule has 1 fully saturated rings. The van der Waals surface area contributed by atoms with Gasteiger partial charge in [0, 0.05) is 19.6 Å². The number of carbonyl (C=O) groups is 2. The van der Waals surface area contributed by atoms with Gasteiger partial charge in [0.25, 0.3) is 0 Å². The Balaban J connectivity index is 2.25. The van der Waals surface area contributed by atoms with Gasteiger partial charge in [0.05, 0.1) is 12.0 Å². The number of carboxylic acids is 1. The Kier molecular flexibility index (Phi) is 5.41. The number of hydrogen-bond donors (Lipinski definition) is 2. The molecule has 0 spiro atoms. The Morgan fingerprint density at radius 2 is 2.12 bits per heavy atom. The predicted octanol–water partition coefficient (Wildman–Crippen LogP) is 1.32. The Morgan fingerprint density at radius 1 is 1.41 bits per heavy atom. The third-order valence-corrected chi connectivity index (χ3v) is 3.10. The smallest absolute Gasteiger partial charge is 0.305 e. The summed E-state index contributed by atoms with van der Waals surface area (Å²) in [6.45, 7) is 3.15. The van der Waals surface area contributed by atoms with Crippen molar-refractivity contribution in [2.24, 2.45) is 0 Å². The molecule has 5 nitrogen and oxygen atoms in total. The van der Waals surface area contributed by atoms with Gasteiger partial charge in [-0.3, -0.25) is 9.59 Å². The molecule has 1 aliphatic rings. The van der Waals surface area contributed by atoms with E-state index in [1.54, 1.807) is 0 Å². The highest BCUT2D eigenvalue weighted by atomic mass is 16.5. The largest absolute Gasteiger partial charge is 0.481 e.